The lowest BCUT2D eigenvalue weighted by Crippen LogP contribution is -2.02. The Morgan fingerprint density at radius 3 is 2.68 bits per heavy atom. The molecule has 6 nitrogen and oxygen atoms in total. The number of carboxylic acids is 1. The van der Waals surface area contributed by atoms with Crippen molar-refractivity contribution in [2.45, 2.75) is 6.92 Å². The lowest BCUT2D eigenvalue weighted by atomic mass is 10.1. The van der Waals surface area contributed by atoms with E-state index in [1.54, 1.807) is 0 Å². The van der Waals surface area contributed by atoms with E-state index in [-0.39, 0.29) is 10.9 Å². The molecule has 0 amide bonds. The summed E-state index contributed by atoms with van der Waals surface area (Å²) < 4.78 is 0. The van der Waals surface area contributed by atoms with Gasteiger partial charge in [-0.1, -0.05) is 23.6 Å². The molecule has 0 aliphatic heterocycles. The maximum atomic E-state index is 10.9. The highest BCUT2D eigenvalue weighted by Gasteiger charge is 2.19. The van der Waals surface area contributed by atoms with Gasteiger partial charge < -0.3 is 5.11 Å². The summed E-state index contributed by atoms with van der Waals surface area (Å²) in [5, 5.41) is 19.5. The van der Waals surface area contributed by atoms with Crippen molar-refractivity contribution in [1.82, 2.24) is 0 Å². The topological polar surface area (TPSA) is 97.5 Å². The van der Waals surface area contributed by atoms with Gasteiger partial charge in [0, 0.05) is 18.6 Å². The first-order valence-electron chi connectivity index (χ1n) is 5.05. The Morgan fingerprint density at radius 1 is 1.47 bits per heavy atom. The third kappa shape index (κ3) is 4.44. The number of aromatic carboxylic acids is 1. The Labute approximate surface area is 113 Å². The number of carbonyl (C=O) groups is 2. The van der Waals surface area contributed by atoms with Gasteiger partial charge in [0.15, 0.2) is 5.12 Å². The number of carbonyl (C=O) groups excluding carboxylic acids is 1. The van der Waals surface area contributed by atoms with Crippen molar-refractivity contribution in [2.75, 3.05) is 5.75 Å². The van der Waals surface area contributed by atoms with Gasteiger partial charge in [0.05, 0.1) is 10.7 Å². The number of carboxylic acid groups (broad SMARTS) is 1. The summed E-state index contributed by atoms with van der Waals surface area (Å²) in [6.45, 7) is 1.42. The van der Waals surface area contributed by atoms with Crippen LogP contribution in [0.3, 0.4) is 0 Å². The number of benzene rings is 1. The van der Waals surface area contributed by atoms with E-state index in [9.17, 15) is 19.7 Å². The van der Waals surface area contributed by atoms with Gasteiger partial charge in [-0.3, -0.25) is 14.9 Å². The number of nitro groups is 1. The first-order chi connectivity index (χ1) is 8.91. The molecule has 0 saturated carbocycles. The zero-order chi connectivity index (χ0) is 14.4. The standard InChI is InChI=1S/C12H9NO5S/c1-8(14)19-6-2-3-9-4-5-11(13(17)18)10(7-9)12(15)16/h4-5,7H,6H2,1H3,(H,15,16). The number of thioether (sulfide) groups is 1. The van der Waals surface area contributed by atoms with E-state index in [2.05, 4.69) is 11.8 Å². The summed E-state index contributed by atoms with van der Waals surface area (Å²) in [5.41, 5.74) is -0.528. The van der Waals surface area contributed by atoms with Gasteiger partial charge in [-0.25, -0.2) is 4.79 Å². The van der Waals surface area contributed by atoms with Crippen molar-refractivity contribution in [2.24, 2.45) is 0 Å². The van der Waals surface area contributed by atoms with Crippen molar-refractivity contribution >= 4 is 28.5 Å². The smallest absolute Gasteiger partial charge is 0.342 e. The highest BCUT2D eigenvalue weighted by Crippen LogP contribution is 2.19. The molecule has 0 radical (unpaired) electrons. The molecule has 0 heterocycles. The van der Waals surface area contributed by atoms with E-state index in [1.165, 1.54) is 13.0 Å². The van der Waals surface area contributed by atoms with Crippen LogP contribution in [-0.2, 0) is 4.79 Å². The first-order valence-corrected chi connectivity index (χ1v) is 6.04. The lowest BCUT2D eigenvalue weighted by Gasteiger charge is -1.98. The maximum absolute atomic E-state index is 10.9. The number of hydrogen-bond donors (Lipinski definition) is 1. The molecular formula is C12H9NO5S. The van der Waals surface area contributed by atoms with Gasteiger partial charge in [0.25, 0.3) is 5.69 Å². The van der Waals surface area contributed by atoms with Crippen LogP contribution in [0.4, 0.5) is 5.69 Å². The molecule has 0 fully saturated rings. The summed E-state index contributed by atoms with van der Waals surface area (Å²) in [4.78, 5) is 31.4. The second kappa shape index (κ2) is 6.56. The second-order valence-electron chi connectivity index (χ2n) is 3.38. The van der Waals surface area contributed by atoms with Crippen molar-refractivity contribution < 1.29 is 19.6 Å². The fourth-order valence-corrected chi connectivity index (χ4v) is 1.57. The van der Waals surface area contributed by atoms with Crippen LogP contribution < -0.4 is 0 Å². The van der Waals surface area contributed by atoms with Crippen LogP contribution in [0.5, 0.6) is 0 Å². The number of nitro benzene ring substituents is 1. The zero-order valence-electron chi connectivity index (χ0n) is 9.87. The van der Waals surface area contributed by atoms with Crippen molar-refractivity contribution in [1.29, 1.82) is 0 Å². The van der Waals surface area contributed by atoms with E-state index in [0.29, 0.717) is 5.56 Å². The first kappa shape index (κ1) is 14.7. The summed E-state index contributed by atoms with van der Waals surface area (Å²) in [5.74, 6) is 4.24. The molecule has 0 aliphatic carbocycles. The average Bonchev–Trinajstić information content (AvgIpc) is 2.33. The summed E-state index contributed by atoms with van der Waals surface area (Å²) >= 11 is 1.03. The quantitative estimate of drug-likeness (QED) is 0.515. The van der Waals surface area contributed by atoms with Crippen LogP contribution in [0, 0.1) is 22.0 Å². The molecule has 0 unspecified atom stereocenters. The Bertz CT molecular complexity index is 600. The minimum Gasteiger partial charge on any atom is -0.477 e. The van der Waals surface area contributed by atoms with Gasteiger partial charge in [-0.2, -0.15) is 0 Å². The molecule has 7 heteroatoms. The van der Waals surface area contributed by atoms with Crippen molar-refractivity contribution in [3.8, 4) is 11.8 Å². The lowest BCUT2D eigenvalue weighted by molar-refractivity contribution is -0.385. The molecule has 1 aromatic carbocycles. The molecule has 0 aliphatic rings. The highest BCUT2D eigenvalue weighted by molar-refractivity contribution is 8.13. The Morgan fingerprint density at radius 2 is 2.16 bits per heavy atom. The van der Waals surface area contributed by atoms with Gasteiger partial charge in [-0.15, -0.1) is 0 Å². The third-order valence-electron chi connectivity index (χ3n) is 2.00. The summed E-state index contributed by atoms with van der Waals surface area (Å²) in [7, 11) is 0. The molecular weight excluding hydrogens is 270 g/mol. The van der Waals surface area contributed by atoms with Crippen molar-refractivity contribution in [3.63, 3.8) is 0 Å². The molecule has 0 aromatic heterocycles. The summed E-state index contributed by atoms with van der Waals surface area (Å²) in [6.07, 6.45) is 0. The molecule has 1 rings (SSSR count). The molecule has 19 heavy (non-hydrogen) atoms. The number of nitrogens with zero attached hydrogens (tertiary/aromatic N) is 1. The van der Waals surface area contributed by atoms with Gasteiger partial charge in [-0.05, 0) is 12.1 Å². The van der Waals surface area contributed by atoms with Crippen LogP contribution in [0.15, 0.2) is 18.2 Å². The average molecular weight is 279 g/mol. The predicted octanol–water partition coefficient (Wildman–Crippen LogP) is 1.92. The highest BCUT2D eigenvalue weighted by atomic mass is 32.2. The van der Waals surface area contributed by atoms with E-state index in [1.807, 2.05) is 0 Å². The fraction of sp³-hybridized carbons (Fsp3) is 0.167. The van der Waals surface area contributed by atoms with Gasteiger partial charge in [0.2, 0.25) is 0 Å². The minimum absolute atomic E-state index is 0.0655. The SMILES string of the molecule is CC(=O)SCC#Cc1ccc([N+](=O)[O-])c(C(=O)O)c1. The van der Waals surface area contributed by atoms with Crippen LogP contribution in [-0.4, -0.2) is 26.9 Å². The largest absolute Gasteiger partial charge is 0.477 e. The minimum atomic E-state index is -1.38. The van der Waals surface area contributed by atoms with E-state index >= 15 is 0 Å². The van der Waals surface area contributed by atoms with E-state index in [0.717, 1.165) is 23.9 Å². The maximum Gasteiger partial charge on any atom is 0.342 e. The van der Waals surface area contributed by atoms with Gasteiger partial charge in [0.1, 0.15) is 5.56 Å². The van der Waals surface area contributed by atoms with Crippen LogP contribution in [0.2, 0.25) is 0 Å². The Balaban J connectivity index is 2.99. The molecule has 0 bridgehead atoms. The van der Waals surface area contributed by atoms with Crippen LogP contribution >= 0.6 is 11.8 Å². The number of rotatable bonds is 3. The number of hydrogen-bond acceptors (Lipinski definition) is 5. The van der Waals surface area contributed by atoms with Crippen LogP contribution in [0.25, 0.3) is 0 Å². The van der Waals surface area contributed by atoms with Gasteiger partial charge >= 0.3 is 5.97 Å². The van der Waals surface area contributed by atoms with E-state index in [4.69, 9.17) is 5.11 Å². The molecule has 0 spiro atoms. The second-order valence-corrected chi connectivity index (χ2v) is 4.53. The molecule has 0 saturated heterocycles. The van der Waals surface area contributed by atoms with E-state index < -0.39 is 22.1 Å². The normalized spacial score (nSPS) is 9.32. The molecule has 0 atom stereocenters. The zero-order valence-corrected chi connectivity index (χ0v) is 10.7. The molecule has 1 N–H and O–H groups in total. The monoisotopic (exact) mass is 279 g/mol. The van der Waals surface area contributed by atoms with Crippen LogP contribution in [0.1, 0.15) is 22.8 Å². The molecule has 1 aromatic rings. The predicted molar refractivity (Wildman–Crippen MR) is 70.1 cm³/mol. The fourth-order valence-electron chi connectivity index (χ4n) is 1.22. The van der Waals surface area contributed by atoms with Crippen molar-refractivity contribution in [3.05, 3.63) is 39.4 Å². The molecule has 98 valence electrons. The third-order valence-corrected chi connectivity index (χ3v) is 2.70. The Hall–Kier alpha value is -2.33. The summed E-state index contributed by atoms with van der Waals surface area (Å²) in [6, 6.07) is 3.62. The Kier molecular flexibility index (Phi) is 5.09.